The first-order valence-electron chi connectivity index (χ1n) is 4.87. The molecule has 1 aromatic rings. The zero-order chi connectivity index (χ0) is 13.0. The molecule has 0 fully saturated rings. The molecule has 6 heteroatoms. The van der Waals surface area contributed by atoms with Crippen LogP contribution in [0, 0.1) is 0 Å². The second-order valence-corrected chi connectivity index (χ2v) is 6.36. The van der Waals surface area contributed by atoms with E-state index in [1.807, 2.05) is 6.07 Å². The monoisotopic (exact) mass is 382 g/mol. The Morgan fingerprint density at radius 3 is 2.35 bits per heavy atom. The fraction of sp³-hybridized carbons (Fsp3) is 0.364. The molecule has 1 aromatic carbocycles. The minimum absolute atomic E-state index is 0.0811. The molecule has 0 radical (unpaired) electrons. The highest BCUT2D eigenvalue weighted by molar-refractivity contribution is 9.11. The lowest BCUT2D eigenvalue weighted by Gasteiger charge is -2.19. The van der Waals surface area contributed by atoms with E-state index in [4.69, 9.17) is 0 Å². The van der Waals surface area contributed by atoms with Crippen LogP contribution in [-0.2, 0) is 4.79 Å². The number of halogens is 2. The van der Waals surface area contributed by atoms with E-state index in [0.29, 0.717) is 14.5 Å². The molecule has 2 N–H and O–H groups in total. The van der Waals surface area contributed by atoms with Crippen molar-refractivity contribution in [1.29, 1.82) is 0 Å². The molecule has 3 nitrogen and oxygen atoms in total. The average Bonchev–Trinajstić information content (AvgIpc) is 2.25. The van der Waals surface area contributed by atoms with Gasteiger partial charge in [0, 0.05) is 27.2 Å². The van der Waals surface area contributed by atoms with E-state index >= 15 is 0 Å². The van der Waals surface area contributed by atoms with Crippen LogP contribution in [0.1, 0.15) is 18.6 Å². The Balaban J connectivity index is 2.81. The van der Waals surface area contributed by atoms with Gasteiger partial charge >= 0.3 is 0 Å². The van der Waals surface area contributed by atoms with Gasteiger partial charge in [-0.3, -0.25) is 4.79 Å². The predicted molar refractivity (Wildman–Crippen MR) is 75.9 cm³/mol. The number of carbonyl (C=O) groups is 1. The molecule has 0 aliphatic heterocycles. The summed E-state index contributed by atoms with van der Waals surface area (Å²) in [4.78, 5) is 10.8. The largest absolute Gasteiger partial charge is 0.389 e. The van der Waals surface area contributed by atoms with E-state index in [9.17, 15) is 15.0 Å². The molecule has 2 atom stereocenters. The smallest absolute Gasteiger partial charge is 0.185 e. The Bertz CT molecular complexity index is 391. The van der Waals surface area contributed by atoms with Crippen LogP contribution in [0.15, 0.2) is 27.1 Å². The molecule has 0 aliphatic rings. The van der Waals surface area contributed by atoms with Gasteiger partial charge in [-0.25, -0.2) is 0 Å². The predicted octanol–water partition coefficient (Wildman–Crippen LogP) is 2.89. The highest BCUT2D eigenvalue weighted by Crippen LogP contribution is 2.33. The van der Waals surface area contributed by atoms with E-state index in [1.54, 1.807) is 12.1 Å². The van der Waals surface area contributed by atoms with Crippen LogP contribution in [0.25, 0.3) is 0 Å². The van der Waals surface area contributed by atoms with E-state index < -0.39 is 12.2 Å². The summed E-state index contributed by atoms with van der Waals surface area (Å²) in [5.74, 6) is 0.171. The zero-order valence-corrected chi connectivity index (χ0v) is 13.0. The maximum Gasteiger partial charge on any atom is 0.185 e. The molecule has 0 heterocycles. The number of thioether (sulfide) groups is 1. The zero-order valence-electron chi connectivity index (χ0n) is 9.06. The van der Waals surface area contributed by atoms with Crippen molar-refractivity contribution in [2.45, 2.75) is 19.1 Å². The first kappa shape index (κ1) is 15.2. The Morgan fingerprint density at radius 1 is 1.35 bits per heavy atom. The highest BCUT2D eigenvalue weighted by Gasteiger charge is 2.23. The van der Waals surface area contributed by atoms with Crippen LogP contribution in [0.5, 0.6) is 0 Å². The van der Waals surface area contributed by atoms with Gasteiger partial charge in [0.2, 0.25) is 0 Å². The third kappa shape index (κ3) is 4.37. The van der Waals surface area contributed by atoms with E-state index in [0.717, 1.165) is 11.8 Å². The van der Waals surface area contributed by atoms with Crippen molar-refractivity contribution in [2.24, 2.45) is 0 Å². The van der Waals surface area contributed by atoms with Gasteiger partial charge in [-0.05, 0) is 12.1 Å². The number of aliphatic hydroxyl groups is 2. The van der Waals surface area contributed by atoms with Crippen molar-refractivity contribution >= 4 is 48.7 Å². The lowest BCUT2D eigenvalue weighted by molar-refractivity contribution is -0.109. The molecule has 1 rings (SSSR count). The third-order valence-corrected chi connectivity index (χ3v) is 4.42. The fourth-order valence-electron chi connectivity index (χ4n) is 1.28. The molecule has 0 saturated heterocycles. The van der Waals surface area contributed by atoms with E-state index in [1.165, 1.54) is 6.92 Å². The summed E-state index contributed by atoms with van der Waals surface area (Å²) in [7, 11) is 0. The van der Waals surface area contributed by atoms with Gasteiger partial charge in [0.15, 0.2) is 5.12 Å². The number of hydrogen-bond acceptors (Lipinski definition) is 4. The molecule has 0 spiro atoms. The molecule has 0 amide bonds. The van der Waals surface area contributed by atoms with Gasteiger partial charge in [-0.1, -0.05) is 49.7 Å². The Labute approximate surface area is 121 Å². The van der Waals surface area contributed by atoms with Crippen LogP contribution in [0.4, 0.5) is 0 Å². The van der Waals surface area contributed by atoms with E-state index in [-0.39, 0.29) is 10.9 Å². The minimum Gasteiger partial charge on any atom is -0.389 e. The van der Waals surface area contributed by atoms with Gasteiger partial charge in [0.1, 0.15) is 6.10 Å². The molecule has 17 heavy (non-hydrogen) atoms. The normalized spacial score (nSPS) is 14.4. The molecule has 0 bridgehead atoms. The SMILES string of the molecule is CC(=O)SCC(O)C(O)c1c(Br)cccc1Br. The van der Waals surface area contributed by atoms with Crippen molar-refractivity contribution < 1.29 is 15.0 Å². The first-order valence-corrected chi connectivity index (χ1v) is 7.44. The van der Waals surface area contributed by atoms with Gasteiger partial charge in [0.05, 0.1) is 6.10 Å². The van der Waals surface area contributed by atoms with E-state index in [2.05, 4.69) is 31.9 Å². The molecule has 94 valence electrons. The van der Waals surface area contributed by atoms with Gasteiger partial charge in [-0.2, -0.15) is 0 Å². The molecule has 2 unspecified atom stereocenters. The summed E-state index contributed by atoms with van der Waals surface area (Å²) in [5.41, 5.74) is 0.587. The average molecular weight is 384 g/mol. The van der Waals surface area contributed by atoms with Gasteiger partial charge in [0.25, 0.3) is 0 Å². The summed E-state index contributed by atoms with van der Waals surface area (Å²) in [6, 6.07) is 5.39. The number of benzene rings is 1. The second-order valence-electron chi connectivity index (χ2n) is 3.45. The van der Waals surface area contributed by atoms with Crippen molar-refractivity contribution in [1.82, 2.24) is 0 Å². The lowest BCUT2D eigenvalue weighted by Crippen LogP contribution is -2.22. The summed E-state index contributed by atoms with van der Waals surface area (Å²) in [6.07, 6.45) is -2.02. The summed E-state index contributed by atoms with van der Waals surface area (Å²) in [6.45, 7) is 1.43. The molecule has 0 saturated carbocycles. The minimum atomic E-state index is -1.04. The summed E-state index contributed by atoms with van der Waals surface area (Å²) < 4.78 is 1.43. The van der Waals surface area contributed by atoms with Crippen LogP contribution in [0.3, 0.4) is 0 Å². The first-order chi connectivity index (χ1) is 7.93. The number of hydrogen-bond donors (Lipinski definition) is 2. The van der Waals surface area contributed by atoms with Crippen LogP contribution in [0.2, 0.25) is 0 Å². The van der Waals surface area contributed by atoms with Crippen LogP contribution >= 0.6 is 43.6 Å². The lowest BCUT2D eigenvalue weighted by atomic mass is 10.1. The quantitative estimate of drug-likeness (QED) is 0.839. The van der Waals surface area contributed by atoms with Gasteiger partial charge in [-0.15, -0.1) is 0 Å². The number of rotatable bonds is 4. The number of aliphatic hydroxyl groups excluding tert-OH is 2. The Hall–Kier alpha value is 0.120. The molecular weight excluding hydrogens is 372 g/mol. The fourth-order valence-corrected chi connectivity index (χ4v) is 3.33. The van der Waals surface area contributed by atoms with Crippen LogP contribution in [-0.4, -0.2) is 27.2 Å². The van der Waals surface area contributed by atoms with Crippen molar-refractivity contribution in [3.8, 4) is 0 Å². The standard InChI is InChI=1S/C11H12Br2O3S/c1-6(14)17-5-9(15)11(16)10-7(12)3-2-4-8(10)13/h2-4,9,11,15-16H,5H2,1H3. The molecule has 0 aliphatic carbocycles. The maximum atomic E-state index is 10.8. The van der Waals surface area contributed by atoms with Crippen molar-refractivity contribution in [2.75, 3.05) is 5.75 Å². The number of carbonyl (C=O) groups excluding carboxylic acids is 1. The third-order valence-electron chi connectivity index (χ3n) is 2.12. The molecular formula is C11H12Br2O3S. The topological polar surface area (TPSA) is 57.5 Å². The maximum absolute atomic E-state index is 10.8. The highest BCUT2D eigenvalue weighted by atomic mass is 79.9. The summed E-state index contributed by atoms with van der Waals surface area (Å²) >= 11 is 7.64. The molecule has 0 aromatic heterocycles. The Kier molecular flexibility index (Phi) is 6.16. The van der Waals surface area contributed by atoms with Gasteiger partial charge < -0.3 is 10.2 Å². The Morgan fingerprint density at radius 2 is 1.88 bits per heavy atom. The van der Waals surface area contributed by atoms with Crippen molar-refractivity contribution in [3.63, 3.8) is 0 Å². The second kappa shape index (κ2) is 6.89. The van der Waals surface area contributed by atoms with Crippen molar-refractivity contribution in [3.05, 3.63) is 32.7 Å². The van der Waals surface area contributed by atoms with Crippen LogP contribution < -0.4 is 0 Å². The summed E-state index contributed by atoms with van der Waals surface area (Å²) in [5, 5.41) is 19.8.